The summed E-state index contributed by atoms with van der Waals surface area (Å²) in [7, 11) is -3.54. The first kappa shape index (κ1) is 14.7. The van der Waals surface area contributed by atoms with Crippen LogP contribution >= 0.6 is 11.6 Å². The van der Waals surface area contributed by atoms with Gasteiger partial charge in [0.25, 0.3) is 0 Å². The molecule has 0 bridgehead atoms. The quantitative estimate of drug-likeness (QED) is 0.837. The molecule has 21 heavy (non-hydrogen) atoms. The lowest BCUT2D eigenvalue weighted by Gasteiger charge is -2.31. The standard InChI is InChI=1S/C13H16ClN3O3S/c14-11-2-1-9(8-16-11)21(19,20)17-5-3-13(4-6-17)7-10(13)12(15)18/h1-2,8,10H,3-7H2,(H2,15,18). The second-order valence-corrected chi connectivity index (χ2v) is 8.07. The van der Waals surface area contributed by atoms with Crippen LogP contribution in [0.4, 0.5) is 0 Å². The van der Waals surface area contributed by atoms with Crippen molar-refractivity contribution in [1.82, 2.24) is 9.29 Å². The number of primary amides is 1. The van der Waals surface area contributed by atoms with Gasteiger partial charge in [-0.25, -0.2) is 13.4 Å². The predicted octanol–water partition coefficient (Wildman–Crippen LogP) is 1.01. The van der Waals surface area contributed by atoms with Gasteiger partial charge in [0, 0.05) is 25.2 Å². The van der Waals surface area contributed by atoms with E-state index in [0.29, 0.717) is 25.9 Å². The van der Waals surface area contributed by atoms with Crippen LogP contribution in [-0.4, -0.2) is 36.7 Å². The topological polar surface area (TPSA) is 93.4 Å². The molecule has 1 amide bonds. The average Bonchev–Trinajstić information content (AvgIpc) is 3.14. The van der Waals surface area contributed by atoms with E-state index in [2.05, 4.69) is 4.98 Å². The van der Waals surface area contributed by atoms with Crippen LogP contribution in [-0.2, 0) is 14.8 Å². The molecule has 2 fully saturated rings. The normalized spacial score (nSPS) is 24.9. The molecular weight excluding hydrogens is 314 g/mol. The summed E-state index contributed by atoms with van der Waals surface area (Å²) < 4.78 is 26.4. The number of pyridine rings is 1. The SMILES string of the molecule is NC(=O)C1CC12CCN(S(=O)(=O)c1ccc(Cl)nc1)CC2. The van der Waals surface area contributed by atoms with Crippen molar-refractivity contribution in [2.75, 3.05) is 13.1 Å². The zero-order valence-electron chi connectivity index (χ0n) is 11.3. The molecule has 0 aromatic carbocycles. The van der Waals surface area contributed by atoms with Crippen molar-refractivity contribution in [3.8, 4) is 0 Å². The summed E-state index contributed by atoms with van der Waals surface area (Å²) in [5.41, 5.74) is 5.28. The van der Waals surface area contributed by atoms with Crippen LogP contribution in [0.1, 0.15) is 19.3 Å². The average molecular weight is 330 g/mol. The Kier molecular flexibility index (Phi) is 3.46. The first-order valence-electron chi connectivity index (χ1n) is 6.76. The van der Waals surface area contributed by atoms with Crippen LogP contribution in [0.15, 0.2) is 23.2 Å². The number of hydrogen-bond acceptors (Lipinski definition) is 4. The molecule has 2 heterocycles. The van der Waals surface area contributed by atoms with Crippen LogP contribution in [0.25, 0.3) is 0 Å². The van der Waals surface area contributed by atoms with Crippen molar-refractivity contribution in [3.63, 3.8) is 0 Å². The van der Waals surface area contributed by atoms with Gasteiger partial charge in [-0.2, -0.15) is 4.31 Å². The Morgan fingerprint density at radius 3 is 2.52 bits per heavy atom. The van der Waals surface area contributed by atoms with Gasteiger partial charge in [-0.3, -0.25) is 4.79 Å². The van der Waals surface area contributed by atoms with Crippen molar-refractivity contribution in [2.24, 2.45) is 17.1 Å². The third kappa shape index (κ3) is 2.54. The smallest absolute Gasteiger partial charge is 0.244 e. The molecule has 1 saturated heterocycles. The van der Waals surface area contributed by atoms with Gasteiger partial charge in [-0.05, 0) is 36.8 Å². The number of aromatic nitrogens is 1. The largest absolute Gasteiger partial charge is 0.369 e. The lowest BCUT2D eigenvalue weighted by atomic mass is 9.92. The van der Waals surface area contributed by atoms with Crippen LogP contribution < -0.4 is 5.73 Å². The van der Waals surface area contributed by atoms with E-state index in [1.807, 2.05) is 0 Å². The first-order chi connectivity index (χ1) is 9.85. The van der Waals surface area contributed by atoms with Gasteiger partial charge in [0.15, 0.2) is 0 Å². The van der Waals surface area contributed by atoms with E-state index in [4.69, 9.17) is 17.3 Å². The highest BCUT2D eigenvalue weighted by Crippen LogP contribution is 2.59. The Morgan fingerprint density at radius 1 is 1.38 bits per heavy atom. The second-order valence-electron chi connectivity index (χ2n) is 5.74. The molecule has 1 saturated carbocycles. The number of halogens is 1. The zero-order chi connectivity index (χ0) is 15.3. The fourth-order valence-electron chi connectivity index (χ4n) is 3.14. The molecule has 8 heteroatoms. The summed E-state index contributed by atoms with van der Waals surface area (Å²) in [6.45, 7) is 0.823. The predicted molar refractivity (Wildman–Crippen MR) is 77.0 cm³/mol. The van der Waals surface area contributed by atoms with Crippen molar-refractivity contribution in [1.29, 1.82) is 0 Å². The monoisotopic (exact) mass is 329 g/mol. The fraction of sp³-hybridized carbons (Fsp3) is 0.538. The molecule has 1 aromatic heterocycles. The third-order valence-corrected chi connectivity index (χ3v) is 6.70. The Labute approximate surface area is 128 Å². The summed E-state index contributed by atoms with van der Waals surface area (Å²) in [6.07, 6.45) is 3.42. The molecule has 1 aliphatic carbocycles. The lowest BCUT2D eigenvalue weighted by Crippen LogP contribution is -2.40. The molecule has 3 rings (SSSR count). The van der Waals surface area contributed by atoms with Gasteiger partial charge >= 0.3 is 0 Å². The highest BCUT2D eigenvalue weighted by molar-refractivity contribution is 7.89. The van der Waals surface area contributed by atoms with E-state index in [9.17, 15) is 13.2 Å². The molecule has 114 valence electrons. The molecule has 1 aliphatic heterocycles. The number of carbonyl (C=O) groups is 1. The number of sulfonamides is 1. The highest BCUT2D eigenvalue weighted by atomic mass is 35.5. The minimum atomic E-state index is -3.54. The Balaban J connectivity index is 1.72. The fourth-order valence-corrected chi connectivity index (χ4v) is 4.64. The van der Waals surface area contributed by atoms with Gasteiger partial charge in [-0.15, -0.1) is 0 Å². The maximum absolute atomic E-state index is 12.5. The molecule has 1 spiro atoms. The van der Waals surface area contributed by atoms with Crippen molar-refractivity contribution >= 4 is 27.5 Å². The van der Waals surface area contributed by atoms with Gasteiger partial charge in [0.2, 0.25) is 15.9 Å². The number of amides is 1. The number of nitrogens with zero attached hydrogens (tertiary/aromatic N) is 2. The molecule has 1 atom stereocenters. The van der Waals surface area contributed by atoms with Gasteiger partial charge < -0.3 is 5.73 Å². The molecule has 6 nitrogen and oxygen atoms in total. The minimum absolute atomic E-state index is 0.0594. The molecule has 0 radical (unpaired) electrons. The third-order valence-electron chi connectivity index (χ3n) is 4.59. The summed E-state index contributed by atoms with van der Waals surface area (Å²) >= 11 is 5.68. The van der Waals surface area contributed by atoms with Crippen LogP contribution in [0, 0.1) is 11.3 Å². The van der Waals surface area contributed by atoms with E-state index in [0.717, 1.165) is 6.42 Å². The minimum Gasteiger partial charge on any atom is -0.369 e. The number of nitrogens with two attached hydrogens (primary N) is 1. The van der Waals surface area contributed by atoms with Crippen molar-refractivity contribution < 1.29 is 13.2 Å². The zero-order valence-corrected chi connectivity index (χ0v) is 12.9. The van der Waals surface area contributed by atoms with E-state index in [1.54, 1.807) is 0 Å². The highest BCUT2D eigenvalue weighted by Gasteiger charge is 2.58. The number of rotatable bonds is 3. The van der Waals surface area contributed by atoms with E-state index < -0.39 is 10.0 Å². The van der Waals surface area contributed by atoms with Crippen LogP contribution in [0.5, 0.6) is 0 Å². The van der Waals surface area contributed by atoms with Crippen LogP contribution in [0.3, 0.4) is 0 Å². The summed E-state index contributed by atoms with van der Waals surface area (Å²) in [5, 5.41) is 0.258. The van der Waals surface area contributed by atoms with Gasteiger partial charge in [-0.1, -0.05) is 11.6 Å². The van der Waals surface area contributed by atoms with Gasteiger partial charge in [0.1, 0.15) is 10.0 Å². The number of hydrogen-bond donors (Lipinski definition) is 1. The van der Waals surface area contributed by atoms with E-state index >= 15 is 0 Å². The molecular formula is C13H16ClN3O3S. The number of carbonyl (C=O) groups excluding carboxylic acids is 1. The van der Waals surface area contributed by atoms with Crippen molar-refractivity contribution in [2.45, 2.75) is 24.2 Å². The lowest BCUT2D eigenvalue weighted by molar-refractivity contribution is -0.120. The van der Waals surface area contributed by atoms with Crippen molar-refractivity contribution in [3.05, 3.63) is 23.5 Å². The van der Waals surface area contributed by atoms with E-state index in [-0.39, 0.29) is 27.3 Å². The molecule has 2 aliphatic rings. The summed E-state index contributed by atoms with van der Waals surface area (Å²) in [6, 6.07) is 2.92. The van der Waals surface area contributed by atoms with Gasteiger partial charge in [0.05, 0.1) is 0 Å². The second kappa shape index (κ2) is 4.93. The van der Waals surface area contributed by atoms with Crippen LogP contribution in [0.2, 0.25) is 5.15 Å². The maximum atomic E-state index is 12.5. The Bertz CT molecular complexity index is 666. The molecule has 1 aromatic rings. The first-order valence-corrected chi connectivity index (χ1v) is 8.58. The summed E-state index contributed by atoms with van der Waals surface area (Å²) in [4.78, 5) is 15.2. The molecule has 2 N–H and O–H groups in total. The maximum Gasteiger partial charge on any atom is 0.244 e. The Morgan fingerprint density at radius 2 is 2.05 bits per heavy atom. The Hall–Kier alpha value is -1.18. The van der Waals surface area contributed by atoms with E-state index in [1.165, 1.54) is 22.6 Å². The number of piperidine rings is 1. The molecule has 1 unspecified atom stereocenters. The summed E-state index contributed by atoms with van der Waals surface area (Å²) in [5.74, 6) is -0.354.